The van der Waals surface area contributed by atoms with E-state index in [1.807, 2.05) is 18.2 Å². The van der Waals surface area contributed by atoms with Gasteiger partial charge in [-0.05, 0) is 24.3 Å². The van der Waals surface area contributed by atoms with Crippen LogP contribution >= 0.6 is 0 Å². The highest BCUT2D eigenvalue weighted by molar-refractivity contribution is 5.49. The number of nitrogens with zero attached hydrogens (tertiary/aromatic N) is 2. The molecule has 126 valence electrons. The second kappa shape index (κ2) is 7.31. The topological polar surface area (TPSA) is 60.0 Å². The molecule has 1 aliphatic rings. The maximum Gasteiger partial charge on any atom is 0.269 e. The molecule has 1 saturated heterocycles. The van der Waals surface area contributed by atoms with E-state index in [1.165, 1.54) is 10.6 Å². The molecule has 1 heterocycles. The van der Waals surface area contributed by atoms with Crippen LogP contribution < -0.4 is 14.5 Å². The molecular weight excluding hydrogens is 306 g/mol. The molecule has 1 N–H and O–H groups in total. The van der Waals surface area contributed by atoms with Crippen molar-refractivity contribution in [3.63, 3.8) is 0 Å². The number of nitro groups is 1. The van der Waals surface area contributed by atoms with Crippen LogP contribution in [0.1, 0.15) is 5.56 Å². The van der Waals surface area contributed by atoms with Crippen LogP contribution in [0, 0.1) is 10.1 Å². The summed E-state index contributed by atoms with van der Waals surface area (Å²) in [5, 5.41) is 10.9. The maximum atomic E-state index is 10.9. The average molecular weight is 328 g/mol. The number of methoxy groups -OCH3 is 1. The lowest BCUT2D eigenvalue weighted by Crippen LogP contribution is -3.13. The van der Waals surface area contributed by atoms with Gasteiger partial charge in [0.05, 0.1) is 38.2 Å². The van der Waals surface area contributed by atoms with Crippen LogP contribution in [-0.2, 0) is 6.54 Å². The minimum atomic E-state index is -0.333. The predicted octanol–water partition coefficient (Wildman–Crippen LogP) is 1.51. The van der Waals surface area contributed by atoms with Gasteiger partial charge in [-0.25, -0.2) is 0 Å². The number of non-ortho nitro benzene ring substituents is 1. The Balaban J connectivity index is 1.56. The summed E-state index contributed by atoms with van der Waals surface area (Å²) in [6, 6.07) is 15.1. The van der Waals surface area contributed by atoms with Crippen molar-refractivity contribution in [2.24, 2.45) is 0 Å². The molecule has 1 aliphatic heterocycles. The van der Waals surface area contributed by atoms with Gasteiger partial charge in [-0.3, -0.25) is 10.1 Å². The first-order valence-corrected chi connectivity index (χ1v) is 8.11. The highest BCUT2D eigenvalue weighted by atomic mass is 16.6. The SMILES string of the molecule is COc1ccc(N2CC[NH+](Cc3cccc([N+](=O)[O-])c3)CC2)cc1. The predicted molar refractivity (Wildman–Crippen MR) is 92.7 cm³/mol. The monoisotopic (exact) mass is 328 g/mol. The summed E-state index contributed by atoms with van der Waals surface area (Å²) in [5.74, 6) is 0.869. The van der Waals surface area contributed by atoms with Crippen LogP contribution in [0.5, 0.6) is 5.75 Å². The molecule has 6 heteroatoms. The molecule has 2 aromatic rings. The second-order valence-electron chi connectivity index (χ2n) is 6.04. The van der Waals surface area contributed by atoms with E-state index in [-0.39, 0.29) is 10.6 Å². The van der Waals surface area contributed by atoms with Crippen LogP contribution in [0.3, 0.4) is 0 Å². The molecule has 0 spiro atoms. The molecule has 6 nitrogen and oxygen atoms in total. The van der Waals surface area contributed by atoms with E-state index >= 15 is 0 Å². The van der Waals surface area contributed by atoms with Crippen LogP contribution in [0.4, 0.5) is 11.4 Å². The van der Waals surface area contributed by atoms with Crippen molar-refractivity contribution in [2.75, 3.05) is 38.2 Å². The Kier molecular flexibility index (Phi) is 4.96. The van der Waals surface area contributed by atoms with E-state index in [9.17, 15) is 10.1 Å². The molecule has 3 rings (SSSR count). The van der Waals surface area contributed by atoms with Gasteiger partial charge in [-0.1, -0.05) is 12.1 Å². The minimum Gasteiger partial charge on any atom is -0.497 e. The van der Waals surface area contributed by atoms with Gasteiger partial charge >= 0.3 is 0 Å². The molecule has 0 atom stereocenters. The van der Waals surface area contributed by atoms with Gasteiger partial charge in [-0.2, -0.15) is 0 Å². The molecule has 1 fully saturated rings. The summed E-state index contributed by atoms with van der Waals surface area (Å²) in [5.41, 5.74) is 2.41. The van der Waals surface area contributed by atoms with Crippen LogP contribution in [0.2, 0.25) is 0 Å². The van der Waals surface area contributed by atoms with Crippen molar-refractivity contribution in [2.45, 2.75) is 6.54 Å². The molecule has 0 aromatic heterocycles. The number of ether oxygens (including phenoxy) is 1. The molecule has 0 bridgehead atoms. The first-order valence-electron chi connectivity index (χ1n) is 8.11. The highest BCUT2D eigenvalue weighted by Gasteiger charge is 2.21. The fraction of sp³-hybridized carbons (Fsp3) is 0.333. The van der Waals surface area contributed by atoms with Gasteiger partial charge in [0.2, 0.25) is 0 Å². The Labute approximate surface area is 141 Å². The number of hydrogen-bond acceptors (Lipinski definition) is 4. The summed E-state index contributed by atoms with van der Waals surface area (Å²) in [6.45, 7) is 4.84. The molecule has 0 saturated carbocycles. The van der Waals surface area contributed by atoms with Gasteiger partial charge in [0, 0.05) is 23.4 Å². The molecule has 0 unspecified atom stereocenters. The van der Waals surface area contributed by atoms with Crippen LogP contribution in [0.15, 0.2) is 48.5 Å². The smallest absolute Gasteiger partial charge is 0.269 e. The van der Waals surface area contributed by atoms with Crippen LogP contribution in [0.25, 0.3) is 0 Å². The van der Waals surface area contributed by atoms with Crippen molar-refractivity contribution < 1.29 is 14.6 Å². The molecule has 2 aromatic carbocycles. The zero-order chi connectivity index (χ0) is 16.9. The van der Waals surface area contributed by atoms with E-state index in [4.69, 9.17) is 4.74 Å². The van der Waals surface area contributed by atoms with Crippen molar-refractivity contribution in [1.29, 1.82) is 0 Å². The Morgan fingerprint density at radius 3 is 2.50 bits per heavy atom. The van der Waals surface area contributed by atoms with Gasteiger partial charge < -0.3 is 14.5 Å². The largest absolute Gasteiger partial charge is 0.497 e. The fourth-order valence-electron chi connectivity index (χ4n) is 3.12. The maximum absolute atomic E-state index is 10.9. The molecule has 0 radical (unpaired) electrons. The van der Waals surface area contributed by atoms with E-state index < -0.39 is 0 Å². The van der Waals surface area contributed by atoms with Gasteiger partial charge in [0.15, 0.2) is 0 Å². The quantitative estimate of drug-likeness (QED) is 0.668. The van der Waals surface area contributed by atoms with E-state index in [0.29, 0.717) is 0 Å². The third-order valence-electron chi connectivity index (χ3n) is 4.48. The molecular formula is C18H22N3O3+. The van der Waals surface area contributed by atoms with Gasteiger partial charge in [-0.15, -0.1) is 0 Å². The first kappa shape index (κ1) is 16.3. The van der Waals surface area contributed by atoms with Crippen molar-refractivity contribution in [3.8, 4) is 5.75 Å². The van der Waals surface area contributed by atoms with Crippen molar-refractivity contribution in [1.82, 2.24) is 0 Å². The summed E-state index contributed by atoms with van der Waals surface area (Å²) < 4.78 is 5.20. The summed E-state index contributed by atoms with van der Waals surface area (Å²) >= 11 is 0. The normalized spacial score (nSPS) is 15.3. The van der Waals surface area contributed by atoms with Crippen molar-refractivity contribution >= 4 is 11.4 Å². The summed E-state index contributed by atoms with van der Waals surface area (Å²) in [6.07, 6.45) is 0. The number of nitrogens with one attached hydrogen (secondary N) is 1. The Morgan fingerprint density at radius 1 is 1.17 bits per heavy atom. The van der Waals surface area contributed by atoms with Gasteiger partial charge in [0.1, 0.15) is 12.3 Å². The summed E-state index contributed by atoms with van der Waals surface area (Å²) in [4.78, 5) is 14.4. The number of hydrogen-bond donors (Lipinski definition) is 1. The number of piperazine rings is 1. The Hall–Kier alpha value is -2.60. The second-order valence-corrected chi connectivity index (χ2v) is 6.04. The zero-order valence-electron chi connectivity index (χ0n) is 13.8. The highest BCUT2D eigenvalue weighted by Crippen LogP contribution is 2.19. The lowest BCUT2D eigenvalue weighted by atomic mass is 10.1. The number of rotatable bonds is 5. The number of benzene rings is 2. The lowest BCUT2D eigenvalue weighted by Gasteiger charge is -2.33. The average Bonchev–Trinajstić information content (AvgIpc) is 2.63. The zero-order valence-corrected chi connectivity index (χ0v) is 13.8. The van der Waals surface area contributed by atoms with Crippen molar-refractivity contribution in [3.05, 3.63) is 64.2 Å². The van der Waals surface area contributed by atoms with Crippen LogP contribution in [-0.4, -0.2) is 38.2 Å². The standard InChI is InChI=1S/C18H21N3O3/c1-24-18-7-5-16(6-8-18)20-11-9-19(10-12-20)14-15-3-2-4-17(13-15)21(22)23/h2-8,13H,9-12,14H2,1H3/p+1. The lowest BCUT2D eigenvalue weighted by molar-refractivity contribution is -0.914. The first-order chi connectivity index (χ1) is 11.7. The molecule has 0 amide bonds. The van der Waals surface area contributed by atoms with Gasteiger partial charge in [0.25, 0.3) is 5.69 Å². The van der Waals surface area contributed by atoms with E-state index in [2.05, 4.69) is 17.0 Å². The fourth-order valence-corrected chi connectivity index (χ4v) is 3.12. The minimum absolute atomic E-state index is 0.170. The summed E-state index contributed by atoms with van der Waals surface area (Å²) in [7, 11) is 1.67. The van der Waals surface area contributed by atoms with E-state index in [1.54, 1.807) is 25.3 Å². The third kappa shape index (κ3) is 3.83. The number of quaternary nitrogens is 1. The number of anilines is 1. The molecule has 0 aliphatic carbocycles. The Morgan fingerprint density at radius 2 is 1.88 bits per heavy atom. The Bertz CT molecular complexity index is 695. The van der Waals surface area contributed by atoms with E-state index in [0.717, 1.165) is 44.0 Å². The molecule has 24 heavy (non-hydrogen) atoms. The third-order valence-corrected chi connectivity index (χ3v) is 4.48. The number of nitro benzene ring substituents is 1.